The lowest BCUT2D eigenvalue weighted by Gasteiger charge is -2.37. The minimum Gasteiger partial charge on any atom is -0.349 e. The van der Waals surface area contributed by atoms with Crippen LogP contribution in [0, 0.1) is 0 Å². The number of nitrogens with one attached hydrogen (secondary N) is 1. The Hall–Kier alpha value is -2.81. The van der Waals surface area contributed by atoms with E-state index in [0.717, 1.165) is 24.3 Å². The van der Waals surface area contributed by atoms with Gasteiger partial charge < -0.3 is 9.72 Å². The Labute approximate surface area is 154 Å². The van der Waals surface area contributed by atoms with Gasteiger partial charge in [0.1, 0.15) is 0 Å². The zero-order valence-corrected chi connectivity index (χ0v) is 14.1. The summed E-state index contributed by atoms with van der Waals surface area (Å²) in [5.74, 6) is 0. The topological polar surface area (TPSA) is 42.1 Å². The Morgan fingerprint density at radius 2 is 1.46 bits per heavy atom. The third-order valence-corrected chi connectivity index (χ3v) is 4.23. The maximum Gasteiger partial charge on any atom is 0.430 e. The molecule has 0 aliphatic rings. The Morgan fingerprint density at radius 3 is 2.07 bits per heavy atom. The fraction of sp³-hybridized carbons (Fsp3) is 0.211. The number of pyridine rings is 1. The summed E-state index contributed by atoms with van der Waals surface area (Å²) in [5, 5.41) is 0.0123. The molecule has 0 saturated carbocycles. The van der Waals surface area contributed by atoms with Crippen molar-refractivity contribution in [3.8, 4) is 0 Å². The fourth-order valence-electron chi connectivity index (χ4n) is 2.87. The molecule has 0 saturated heterocycles. The first-order chi connectivity index (χ1) is 13.0. The number of aromatic amines is 1. The molecule has 0 radical (unpaired) electrons. The highest BCUT2D eigenvalue weighted by Gasteiger charge is 2.73. The van der Waals surface area contributed by atoms with E-state index in [2.05, 4.69) is 9.72 Å². The first-order valence-electron chi connectivity index (χ1n) is 7.99. The van der Waals surface area contributed by atoms with Crippen molar-refractivity contribution in [1.29, 1.82) is 0 Å². The summed E-state index contributed by atoms with van der Waals surface area (Å²) >= 11 is 0. The number of halogens is 6. The lowest BCUT2D eigenvalue weighted by molar-refractivity contribution is -0.392. The Balaban J connectivity index is 2.17. The van der Waals surface area contributed by atoms with E-state index in [-0.39, 0.29) is 16.5 Å². The molecule has 2 aromatic carbocycles. The summed E-state index contributed by atoms with van der Waals surface area (Å²) < 4.78 is 87.5. The smallest absolute Gasteiger partial charge is 0.349 e. The molecule has 3 aromatic rings. The van der Waals surface area contributed by atoms with Crippen LogP contribution in [0.15, 0.2) is 65.5 Å². The fourth-order valence-corrected chi connectivity index (χ4v) is 2.87. The van der Waals surface area contributed by atoms with Gasteiger partial charge in [-0.15, -0.1) is 0 Å². The first-order valence-corrected chi connectivity index (χ1v) is 7.99. The van der Waals surface area contributed by atoms with Gasteiger partial charge >= 0.3 is 12.4 Å². The van der Waals surface area contributed by atoms with E-state index in [9.17, 15) is 31.1 Å². The van der Waals surface area contributed by atoms with E-state index in [4.69, 9.17) is 0 Å². The molecule has 0 aliphatic heterocycles. The molecule has 0 amide bonds. The molecule has 1 aromatic heterocycles. The highest BCUT2D eigenvalue weighted by molar-refractivity contribution is 5.79. The summed E-state index contributed by atoms with van der Waals surface area (Å²) in [6.07, 6.45) is -11.6. The van der Waals surface area contributed by atoms with Crippen molar-refractivity contribution in [3.05, 3.63) is 82.1 Å². The SMILES string of the molecule is O=c1ccc2cc(C(OCc3ccccc3)(C(F)(F)F)C(F)(F)F)ccc2[nH]1. The van der Waals surface area contributed by atoms with Gasteiger partial charge in [0.2, 0.25) is 5.56 Å². The van der Waals surface area contributed by atoms with Crippen molar-refractivity contribution in [3.63, 3.8) is 0 Å². The first kappa shape index (κ1) is 19.9. The summed E-state index contributed by atoms with van der Waals surface area (Å²) in [6, 6.07) is 11.8. The number of aromatic nitrogens is 1. The second-order valence-electron chi connectivity index (χ2n) is 6.08. The van der Waals surface area contributed by atoms with Crippen molar-refractivity contribution in [2.75, 3.05) is 0 Å². The molecule has 1 N–H and O–H groups in total. The van der Waals surface area contributed by atoms with Gasteiger partial charge in [0.15, 0.2) is 0 Å². The van der Waals surface area contributed by atoms with Crippen molar-refractivity contribution in [2.45, 2.75) is 24.6 Å². The third-order valence-electron chi connectivity index (χ3n) is 4.23. The maximum atomic E-state index is 13.8. The zero-order chi connectivity index (χ0) is 20.6. The number of H-pyrrole nitrogens is 1. The normalized spacial score (nSPS) is 13.1. The van der Waals surface area contributed by atoms with Crippen molar-refractivity contribution >= 4 is 10.9 Å². The molecule has 148 valence electrons. The lowest BCUT2D eigenvalue weighted by Crippen LogP contribution is -2.55. The van der Waals surface area contributed by atoms with E-state index in [1.165, 1.54) is 24.3 Å². The molecule has 0 aliphatic carbocycles. The lowest BCUT2D eigenvalue weighted by atomic mass is 9.90. The highest BCUT2D eigenvalue weighted by atomic mass is 19.4. The molecule has 3 rings (SSSR count). The second kappa shape index (κ2) is 6.97. The molecule has 9 heteroatoms. The van der Waals surface area contributed by atoms with Crippen LogP contribution in [0.5, 0.6) is 0 Å². The van der Waals surface area contributed by atoms with Gasteiger partial charge in [-0.05, 0) is 29.1 Å². The number of ether oxygens (including phenoxy) is 1. The Kier molecular flexibility index (Phi) is 4.97. The number of hydrogen-bond donors (Lipinski definition) is 1. The van der Waals surface area contributed by atoms with Crippen molar-refractivity contribution in [1.82, 2.24) is 4.98 Å². The summed E-state index contributed by atoms with van der Waals surface area (Å²) in [6.45, 7) is -0.899. The number of rotatable bonds is 4. The summed E-state index contributed by atoms with van der Waals surface area (Å²) in [7, 11) is 0. The van der Waals surface area contributed by atoms with E-state index >= 15 is 0 Å². The minimum absolute atomic E-state index is 0.0123. The minimum atomic E-state index is -5.78. The van der Waals surface area contributed by atoms with Gasteiger partial charge in [0, 0.05) is 17.1 Å². The Bertz CT molecular complexity index is 1010. The predicted molar refractivity (Wildman–Crippen MR) is 89.6 cm³/mol. The highest BCUT2D eigenvalue weighted by Crippen LogP contribution is 2.53. The molecule has 0 spiro atoms. The quantitative estimate of drug-likeness (QED) is 0.621. The number of benzene rings is 2. The largest absolute Gasteiger partial charge is 0.430 e. The molecule has 1 heterocycles. The number of alkyl halides is 6. The van der Waals surface area contributed by atoms with Gasteiger partial charge in [-0.25, -0.2) is 0 Å². The molecule has 0 unspecified atom stereocenters. The van der Waals surface area contributed by atoms with Gasteiger partial charge in [0.25, 0.3) is 5.60 Å². The average Bonchev–Trinajstić information content (AvgIpc) is 2.60. The van der Waals surface area contributed by atoms with Gasteiger partial charge in [-0.2, -0.15) is 26.3 Å². The van der Waals surface area contributed by atoms with Crippen molar-refractivity contribution < 1.29 is 31.1 Å². The van der Waals surface area contributed by atoms with Crippen LogP contribution >= 0.6 is 0 Å². The molecular formula is C19H13F6NO2. The van der Waals surface area contributed by atoms with E-state index in [1.54, 1.807) is 6.07 Å². The summed E-state index contributed by atoms with van der Waals surface area (Å²) in [4.78, 5) is 13.6. The molecule has 0 bridgehead atoms. The van der Waals surface area contributed by atoms with Crippen molar-refractivity contribution in [2.24, 2.45) is 0 Å². The van der Waals surface area contributed by atoms with Crippen LogP contribution in [-0.4, -0.2) is 17.3 Å². The van der Waals surface area contributed by atoms with Crippen LogP contribution in [0.4, 0.5) is 26.3 Å². The molecule has 28 heavy (non-hydrogen) atoms. The van der Waals surface area contributed by atoms with E-state index in [0.29, 0.717) is 6.07 Å². The van der Waals surface area contributed by atoms with Crippen LogP contribution in [0.2, 0.25) is 0 Å². The molecular weight excluding hydrogens is 388 g/mol. The van der Waals surface area contributed by atoms with Crippen LogP contribution in [0.1, 0.15) is 11.1 Å². The van der Waals surface area contributed by atoms with Gasteiger partial charge in [-0.1, -0.05) is 36.4 Å². The third kappa shape index (κ3) is 3.49. The van der Waals surface area contributed by atoms with E-state index in [1.807, 2.05) is 0 Å². The Morgan fingerprint density at radius 1 is 0.821 bits per heavy atom. The standard InChI is InChI=1S/C19H13F6NO2/c20-18(21,22)17(19(23,24)25,28-11-12-4-2-1-3-5-12)14-7-8-15-13(10-14)6-9-16(27)26-15/h1-10H,11H2,(H,26,27). The molecule has 0 fully saturated rings. The number of hydrogen-bond acceptors (Lipinski definition) is 2. The van der Waals surface area contributed by atoms with Crippen LogP contribution in [0.25, 0.3) is 10.9 Å². The second-order valence-corrected chi connectivity index (χ2v) is 6.08. The van der Waals surface area contributed by atoms with Crippen LogP contribution in [0.3, 0.4) is 0 Å². The predicted octanol–water partition coefficient (Wildman–Crippen LogP) is 5.06. The number of fused-ring (bicyclic) bond motifs is 1. The summed E-state index contributed by atoms with van der Waals surface area (Å²) in [5.41, 5.74) is -5.91. The zero-order valence-electron chi connectivity index (χ0n) is 14.1. The monoisotopic (exact) mass is 401 g/mol. The van der Waals surface area contributed by atoms with Crippen LogP contribution < -0.4 is 5.56 Å². The van der Waals surface area contributed by atoms with Crippen LogP contribution in [-0.2, 0) is 16.9 Å². The average molecular weight is 401 g/mol. The van der Waals surface area contributed by atoms with Gasteiger partial charge in [0.05, 0.1) is 6.61 Å². The van der Waals surface area contributed by atoms with E-state index < -0.39 is 35.7 Å². The molecule has 0 atom stereocenters. The maximum absolute atomic E-state index is 13.8. The molecule has 3 nitrogen and oxygen atoms in total. The van der Waals surface area contributed by atoms with Gasteiger partial charge in [-0.3, -0.25) is 4.79 Å².